The van der Waals surface area contributed by atoms with E-state index in [9.17, 15) is 4.79 Å². The van der Waals surface area contributed by atoms with E-state index in [4.69, 9.17) is 5.11 Å². The van der Waals surface area contributed by atoms with E-state index in [-0.39, 0.29) is 0 Å². The Morgan fingerprint density at radius 2 is 2.20 bits per heavy atom. The summed E-state index contributed by atoms with van der Waals surface area (Å²) in [5, 5.41) is 9.27. The lowest BCUT2D eigenvalue weighted by Gasteiger charge is -1.93. The van der Waals surface area contributed by atoms with Crippen LogP contribution in [0.2, 0.25) is 0 Å². The highest BCUT2D eigenvalue weighted by Crippen LogP contribution is 1.94. The fraction of sp³-hybridized carbons (Fsp3) is 0. The molecule has 1 aromatic carbocycles. The Kier molecular flexibility index (Phi) is 1.87. The Bertz CT molecular complexity index is 258. The number of hydrogen-bond acceptors (Lipinski definition) is 1. The molecule has 0 bridgehead atoms. The highest BCUT2D eigenvalue weighted by molar-refractivity contribution is 6.32. The van der Waals surface area contributed by atoms with E-state index < -0.39 is 5.97 Å². The molecule has 3 heteroatoms. The van der Waals surface area contributed by atoms with Gasteiger partial charge in [-0.1, -0.05) is 17.3 Å². The highest BCUT2D eigenvalue weighted by atomic mass is 28.1. The molecule has 3 radical (unpaired) electrons. The standard InChI is InChI=1S/C7H5O2Si/c8-7(9)5-2-1-3-6(10)4-5/h1-4H,(H,8,9). The predicted molar refractivity (Wildman–Crippen MR) is 38.8 cm³/mol. The number of rotatable bonds is 1. The van der Waals surface area contributed by atoms with Gasteiger partial charge in [-0.25, -0.2) is 4.79 Å². The molecule has 0 saturated heterocycles. The molecule has 1 aromatic rings. The molecule has 0 fully saturated rings. The second kappa shape index (κ2) is 2.66. The number of aromatic carboxylic acids is 1. The second-order valence-corrected chi connectivity index (χ2v) is 2.46. The first-order valence-corrected chi connectivity index (χ1v) is 3.25. The normalized spacial score (nSPS) is 9.30. The molecule has 10 heavy (non-hydrogen) atoms. The van der Waals surface area contributed by atoms with Gasteiger partial charge in [0.25, 0.3) is 0 Å². The van der Waals surface area contributed by atoms with E-state index in [1.165, 1.54) is 0 Å². The first-order valence-electron chi connectivity index (χ1n) is 2.75. The van der Waals surface area contributed by atoms with Gasteiger partial charge in [-0.15, -0.1) is 0 Å². The molecule has 0 aromatic heterocycles. The predicted octanol–water partition coefficient (Wildman–Crippen LogP) is 0.179. The van der Waals surface area contributed by atoms with Gasteiger partial charge in [0.1, 0.15) is 0 Å². The summed E-state index contributed by atoms with van der Waals surface area (Å²) in [5.41, 5.74) is 0.299. The van der Waals surface area contributed by atoms with E-state index in [1.54, 1.807) is 24.3 Å². The molecular formula is C7H5O2Si. The van der Waals surface area contributed by atoms with Crippen molar-refractivity contribution in [3.63, 3.8) is 0 Å². The van der Waals surface area contributed by atoms with Crippen LogP contribution < -0.4 is 5.19 Å². The van der Waals surface area contributed by atoms with Crippen molar-refractivity contribution in [3.8, 4) is 0 Å². The van der Waals surface area contributed by atoms with Gasteiger partial charge in [-0.2, -0.15) is 0 Å². The summed E-state index contributed by atoms with van der Waals surface area (Å²) in [6, 6.07) is 6.57. The van der Waals surface area contributed by atoms with Crippen LogP contribution in [0.15, 0.2) is 24.3 Å². The van der Waals surface area contributed by atoms with Crippen molar-refractivity contribution in [1.82, 2.24) is 0 Å². The summed E-state index contributed by atoms with van der Waals surface area (Å²) < 4.78 is 0. The average molecular weight is 149 g/mol. The number of benzene rings is 1. The van der Waals surface area contributed by atoms with Crippen LogP contribution in [0.25, 0.3) is 0 Å². The average Bonchev–Trinajstić information content (AvgIpc) is 1.88. The van der Waals surface area contributed by atoms with Gasteiger partial charge < -0.3 is 5.11 Å². The van der Waals surface area contributed by atoms with Gasteiger partial charge in [0.2, 0.25) is 0 Å². The van der Waals surface area contributed by atoms with Crippen LogP contribution in [-0.2, 0) is 0 Å². The molecule has 0 amide bonds. The molecule has 49 valence electrons. The van der Waals surface area contributed by atoms with Crippen molar-refractivity contribution < 1.29 is 9.90 Å². The molecule has 2 nitrogen and oxygen atoms in total. The van der Waals surface area contributed by atoms with Crippen molar-refractivity contribution >= 4 is 21.4 Å². The molecule has 0 aliphatic heterocycles. The molecule has 0 atom stereocenters. The van der Waals surface area contributed by atoms with Crippen molar-refractivity contribution in [3.05, 3.63) is 29.8 Å². The molecule has 0 aliphatic carbocycles. The summed E-state index contributed by atoms with van der Waals surface area (Å²) in [6.45, 7) is 0. The van der Waals surface area contributed by atoms with Gasteiger partial charge in [0, 0.05) is 0 Å². The van der Waals surface area contributed by atoms with Crippen LogP contribution in [0.4, 0.5) is 0 Å². The lowest BCUT2D eigenvalue weighted by molar-refractivity contribution is 0.0697. The van der Waals surface area contributed by atoms with Gasteiger partial charge in [0.05, 0.1) is 15.8 Å². The molecular weight excluding hydrogens is 144 g/mol. The minimum atomic E-state index is -0.903. The van der Waals surface area contributed by atoms with Gasteiger partial charge in [-0.3, -0.25) is 0 Å². The van der Waals surface area contributed by atoms with Crippen LogP contribution in [0.3, 0.4) is 0 Å². The van der Waals surface area contributed by atoms with Crippen molar-refractivity contribution in [2.45, 2.75) is 0 Å². The van der Waals surface area contributed by atoms with Gasteiger partial charge in [0.15, 0.2) is 0 Å². The Morgan fingerprint density at radius 1 is 1.50 bits per heavy atom. The molecule has 0 aliphatic rings. The first-order chi connectivity index (χ1) is 4.70. The Labute approximate surface area is 61.9 Å². The largest absolute Gasteiger partial charge is 0.478 e. The number of carbonyl (C=O) groups is 1. The van der Waals surface area contributed by atoms with Crippen LogP contribution >= 0.6 is 0 Å². The Morgan fingerprint density at radius 3 is 2.60 bits per heavy atom. The van der Waals surface area contributed by atoms with Crippen molar-refractivity contribution in [1.29, 1.82) is 0 Å². The maximum atomic E-state index is 10.3. The monoisotopic (exact) mass is 149 g/mol. The molecule has 0 spiro atoms. The zero-order valence-corrected chi connectivity index (χ0v) is 6.16. The highest BCUT2D eigenvalue weighted by Gasteiger charge is 1.99. The fourth-order valence-electron chi connectivity index (χ4n) is 0.652. The zero-order valence-electron chi connectivity index (χ0n) is 5.16. The lowest BCUT2D eigenvalue weighted by atomic mass is 10.2. The smallest absolute Gasteiger partial charge is 0.335 e. The summed E-state index contributed by atoms with van der Waals surface area (Å²) in [7, 11) is 3.22. The van der Waals surface area contributed by atoms with Crippen LogP contribution in [0.5, 0.6) is 0 Å². The van der Waals surface area contributed by atoms with Crippen LogP contribution in [0.1, 0.15) is 10.4 Å². The third-order valence-corrected chi connectivity index (χ3v) is 1.42. The minimum Gasteiger partial charge on any atom is -0.478 e. The van der Waals surface area contributed by atoms with Crippen molar-refractivity contribution in [2.75, 3.05) is 0 Å². The Hall–Kier alpha value is -1.09. The van der Waals surface area contributed by atoms with Crippen molar-refractivity contribution in [2.24, 2.45) is 0 Å². The van der Waals surface area contributed by atoms with Gasteiger partial charge in [-0.05, 0) is 12.1 Å². The molecule has 0 heterocycles. The minimum absolute atomic E-state index is 0.299. The summed E-state index contributed by atoms with van der Waals surface area (Å²) in [6.07, 6.45) is 0. The Balaban J connectivity index is 3.07. The number of carboxylic acid groups (broad SMARTS) is 1. The molecule has 1 N–H and O–H groups in total. The van der Waals surface area contributed by atoms with E-state index in [0.29, 0.717) is 5.56 Å². The van der Waals surface area contributed by atoms with E-state index in [1.807, 2.05) is 0 Å². The molecule has 0 unspecified atom stereocenters. The maximum Gasteiger partial charge on any atom is 0.335 e. The maximum absolute atomic E-state index is 10.3. The van der Waals surface area contributed by atoms with Crippen LogP contribution in [0, 0.1) is 0 Å². The van der Waals surface area contributed by atoms with E-state index >= 15 is 0 Å². The van der Waals surface area contributed by atoms with Crippen LogP contribution in [-0.4, -0.2) is 21.3 Å². The number of hydrogen-bond donors (Lipinski definition) is 1. The second-order valence-electron chi connectivity index (χ2n) is 1.89. The summed E-state index contributed by atoms with van der Waals surface area (Å²) >= 11 is 0. The molecule has 0 saturated carbocycles. The lowest BCUT2D eigenvalue weighted by Crippen LogP contribution is -2.05. The summed E-state index contributed by atoms with van der Waals surface area (Å²) in [5.74, 6) is -0.903. The fourth-order valence-corrected chi connectivity index (χ4v) is 0.904. The topological polar surface area (TPSA) is 37.3 Å². The quantitative estimate of drug-likeness (QED) is 0.578. The third kappa shape index (κ3) is 1.45. The zero-order chi connectivity index (χ0) is 7.56. The van der Waals surface area contributed by atoms with E-state index in [2.05, 4.69) is 10.2 Å². The number of carboxylic acids is 1. The van der Waals surface area contributed by atoms with Gasteiger partial charge >= 0.3 is 5.97 Å². The first kappa shape index (κ1) is 7.02. The third-order valence-electron chi connectivity index (χ3n) is 1.11. The SMILES string of the molecule is O=C(O)c1cccc([Si])c1. The van der Waals surface area contributed by atoms with E-state index in [0.717, 1.165) is 5.19 Å². The molecule has 1 rings (SSSR count). The summed E-state index contributed by atoms with van der Waals surface area (Å²) in [4.78, 5) is 10.3.